The number of hydrogen-bond acceptors (Lipinski definition) is 3. The van der Waals surface area contributed by atoms with E-state index in [-0.39, 0.29) is 11.7 Å². The Bertz CT molecular complexity index is 572. The summed E-state index contributed by atoms with van der Waals surface area (Å²) in [4.78, 5) is 29.3. The zero-order valence-electron chi connectivity index (χ0n) is 11.0. The Labute approximate surface area is 116 Å². The summed E-state index contributed by atoms with van der Waals surface area (Å²) in [7, 11) is 0. The Kier molecular flexibility index (Phi) is 4.16. The molecule has 19 heavy (non-hydrogen) atoms. The minimum atomic E-state index is -0.0802. The monoisotopic (exact) mass is 276 g/mol. The number of H-pyrrole nitrogens is 1. The molecule has 0 saturated carbocycles. The van der Waals surface area contributed by atoms with Crippen molar-refractivity contribution in [3.63, 3.8) is 0 Å². The number of ketones is 1. The third-order valence-electron chi connectivity index (χ3n) is 2.92. The second-order valence-corrected chi connectivity index (χ2v) is 5.29. The van der Waals surface area contributed by atoms with E-state index < -0.39 is 0 Å². The molecule has 2 rings (SSSR count). The molecule has 0 bridgehead atoms. The summed E-state index contributed by atoms with van der Waals surface area (Å²) in [6.07, 6.45) is 1.58. The third kappa shape index (κ3) is 3.12. The van der Waals surface area contributed by atoms with Crippen molar-refractivity contribution in [1.82, 2.24) is 9.88 Å². The number of thiophene rings is 1. The quantitative estimate of drug-likeness (QED) is 0.854. The predicted octanol–water partition coefficient (Wildman–Crippen LogP) is 2.94. The number of aromatic nitrogens is 1. The van der Waals surface area contributed by atoms with Gasteiger partial charge in [-0.15, -0.1) is 11.3 Å². The van der Waals surface area contributed by atoms with Gasteiger partial charge in [-0.25, -0.2) is 0 Å². The van der Waals surface area contributed by atoms with Crippen LogP contribution in [0.1, 0.15) is 39.6 Å². The number of nitrogens with zero attached hydrogens (tertiary/aromatic N) is 1. The van der Waals surface area contributed by atoms with Crippen LogP contribution in [0.15, 0.2) is 29.8 Å². The van der Waals surface area contributed by atoms with Crippen molar-refractivity contribution in [2.75, 3.05) is 6.54 Å². The highest BCUT2D eigenvalue weighted by molar-refractivity contribution is 7.09. The first kappa shape index (κ1) is 13.5. The maximum atomic E-state index is 12.3. The number of carbonyl (C=O) groups is 2. The maximum absolute atomic E-state index is 12.3. The van der Waals surface area contributed by atoms with Crippen LogP contribution >= 0.6 is 11.3 Å². The summed E-state index contributed by atoms with van der Waals surface area (Å²) in [6, 6.07) is 5.60. The van der Waals surface area contributed by atoms with E-state index in [2.05, 4.69) is 4.98 Å². The van der Waals surface area contributed by atoms with Crippen molar-refractivity contribution in [3.05, 3.63) is 45.9 Å². The van der Waals surface area contributed by atoms with Gasteiger partial charge >= 0.3 is 0 Å². The average molecular weight is 276 g/mol. The Morgan fingerprint density at radius 3 is 2.74 bits per heavy atom. The summed E-state index contributed by atoms with van der Waals surface area (Å²) in [5, 5.41) is 2.00. The highest BCUT2D eigenvalue weighted by atomic mass is 32.1. The predicted molar refractivity (Wildman–Crippen MR) is 75.5 cm³/mol. The zero-order valence-corrected chi connectivity index (χ0v) is 11.8. The lowest BCUT2D eigenvalue weighted by Gasteiger charge is -2.19. The minimum absolute atomic E-state index is 0.0448. The van der Waals surface area contributed by atoms with Crippen LogP contribution < -0.4 is 0 Å². The van der Waals surface area contributed by atoms with Crippen molar-refractivity contribution < 1.29 is 9.59 Å². The van der Waals surface area contributed by atoms with Gasteiger partial charge in [0.2, 0.25) is 0 Å². The number of amides is 1. The summed E-state index contributed by atoms with van der Waals surface area (Å²) in [5.41, 5.74) is 0.999. The van der Waals surface area contributed by atoms with E-state index >= 15 is 0 Å². The Balaban J connectivity index is 2.13. The first-order valence-corrected chi connectivity index (χ1v) is 7.00. The van der Waals surface area contributed by atoms with E-state index in [1.165, 1.54) is 6.92 Å². The van der Waals surface area contributed by atoms with Gasteiger partial charge in [-0.3, -0.25) is 9.59 Å². The van der Waals surface area contributed by atoms with E-state index in [1.54, 1.807) is 28.5 Å². The van der Waals surface area contributed by atoms with E-state index in [0.717, 1.165) is 4.88 Å². The summed E-state index contributed by atoms with van der Waals surface area (Å²) in [6.45, 7) is 4.66. The molecule has 0 atom stereocenters. The van der Waals surface area contributed by atoms with Crippen LogP contribution in [0.25, 0.3) is 0 Å². The van der Waals surface area contributed by atoms with Gasteiger partial charge in [0, 0.05) is 23.2 Å². The van der Waals surface area contributed by atoms with Crippen LogP contribution in [0, 0.1) is 0 Å². The molecule has 0 spiro atoms. The van der Waals surface area contributed by atoms with E-state index in [9.17, 15) is 9.59 Å². The molecule has 100 valence electrons. The fraction of sp³-hybridized carbons (Fsp3) is 0.286. The van der Waals surface area contributed by atoms with Crippen molar-refractivity contribution in [2.45, 2.75) is 20.4 Å². The molecule has 2 aromatic rings. The van der Waals surface area contributed by atoms with Crippen LogP contribution in [-0.4, -0.2) is 28.1 Å². The molecule has 2 heterocycles. The van der Waals surface area contributed by atoms with Crippen molar-refractivity contribution >= 4 is 23.0 Å². The Hall–Kier alpha value is -1.88. The van der Waals surface area contributed by atoms with Crippen LogP contribution in [0.4, 0.5) is 0 Å². The summed E-state index contributed by atoms with van der Waals surface area (Å²) in [5.74, 6) is -0.125. The number of rotatable bonds is 5. The lowest BCUT2D eigenvalue weighted by atomic mass is 10.2. The largest absolute Gasteiger partial charge is 0.356 e. The SMILES string of the molecule is CCN(Cc1cccs1)C(=O)c1cc(C(C)=O)c[nH]1. The third-order valence-corrected chi connectivity index (χ3v) is 3.78. The normalized spacial score (nSPS) is 10.4. The number of carbonyl (C=O) groups excluding carboxylic acids is 2. The van der Waals surface area contributed by atoms with Crippen LogP contribution in [0.3, 0.4) is 0 Å². The topological polar surface area (TPSA) is 53.2 Å². The molecule has 4 nitrogen and oxygen atoms in total. The fourth-order valence-corrected chi connectivity index (χ4v) is 2.53. The molecule has 0 unspecified atom stereocenters. The van der Waals surface area contributed by atoms with E-state index in [0.29, 0.717) is 24.3 Å². The first-order chi connectivity index (χ1) is 9.11. The van der Waals surface area contributed by atoms with Crippen LogP contribution in [0.5, 0.6) is 0 Å². The molecule has 0 aliphatic rings. The molecular weight excluding hydrogens is 260 g/mol. The van der Waals surface area contributed by atoms with Gasteiger partial charge in [0.05, 0.1) is 6.54 Å². The lowest BCUT2D eigenvalue weighted by Crippen LogP contribution is -2.30. The molecule has 5 heteroatoms. The summed E-state index contributed by atoms with van der Waals surface area (Å²) < 4.78 is 0. The molecular formula is C14H16N2O2S. The molecule has 0 aliphatic heterocycles. The minimum Gasteiger partial charge on any atom is -0.356 e. The fourth-order valence-electron chi connectivity index (χ4n) is 1.81. The first-order valence-electron chi connectivity index (χ1n) is 6.12. The smallest absolute Gasteiger partial charge is 0.270 e. The van der Waals surface area contributed by atoms with Crippen molar-refractivity contribution in [1.29, 1.82) is 0 Å². The van der Waals surface area contributed by atoms with Gasteiger partial charge in [0.15, 0.2) is 5.78 Å². The van der Waals surface area contributed by atoms with Gasteiger partial charge in [-0.1, -0.05) is 6.07 Å². The second-order valence-electron chi connectivity index (χ2n) is 4.26. The van der Waals surface area contributed by atoms with Gasteiger partial charge in [-0.2, -0.15) is 0 Å². The molecule has 1 N–H and O–H groups in total. The van der Waals surface area contributed by atoms with E-state index in [1.807, 2.05) is 24.4 Å². The Morgan fingerprint density at radius 1 is 1.42 bits per heavy atom. The number of Topliss-reactive ketones (excluding diaryl/α,β-unsaturated/α-hetero) is 1. The number of aromatic amines is 1. The molecule has 0 saturated heterocycles. The standard InChI is InChI=1S/C14H16N2O2S/c1-3-16(9-12-5-4-6-19-12)14(18)13-7-11(8-15-13)10(2)17/h4-8,15H,3,9H2,1-2H3. The molecule has 0 aliphatic carbocycles. The van der Waals surface area contributed by atoms with Gasteiger partial charge < -0.3 is 9.88 Å². The summed E-state index contributed by atoms with van der Waals surface area (Å²) >= 11 is 1.63. The van der Waals surface area contributed by atoms with E-state index in [4.69, 9.17) is 0 Å². The highest BCUT2D eigenvalue weighted by Gasteiger charge is 2.17. The van der Waals surface area contributed by atoms with Gasteiger partial charge in [0.25, 0.3) is 5.91 Å². The lowest BCUT2D eigenvalue weighted by molar-refractivity contribution is 0.0749. The molecule has 1 amide bonds. The van der Waals surface area contributed by atoms with Crippen molar-refractivity contribution in [3.8, 4) is 0 Å². The number of nitrogens with one attached hydrogen (secondary N) is 1. The number of hydrogen-bond donors (Lipinski definition) is 1. The average Bonchev–Trinajstić information content (AvgIpc) is 3.06. The molecule has 0 radical (unpaired) electrons. The zero-order chi connectivity index (χ0) is 13.8. The molecule has 0 aromatic carbocycles. The van der Waals surface area contributed by atoms with Gasteiger partial charge in [-0.05, 0) is 31.4 Å². The van der Waals surface area contributed by atoms with Crippen LogP contribution in [0.2, 0.25) is 0 Å². The second kappa shape index (κ2) is 5.84. The van der Waals surface area contributed by atoms with Crippen molar-refractivity contribution in [2.24, 2.45) is 0 Å². The molecule has 0 fully saturated rings. The highest BCUT2D eigenvalue weighted by Crippen LogP contribution is 2.14. The maximum Gasteiger partial charge on any atom is 0.270 e. The van der Waals surface area contributed by atoms with Gasteiger partial charge in [0.1, 0.15) is 5.69 Å². The Morgan fingerprint density at radius 2 is 2.21 bits per heavy atom. The molecule has 2 aromatic heterocycles. The van der Waals surface area contributed by atoms with Crippen LogP contribution in [-0.2, 0) is 6.54 Å².